The van der Waals surface area contributed by atoms with Crippen molar-refractivity contribution in [3.63, 3.8) is 0 Å². The molecule has 2 aromatic heterocycles. The molecule has 0 aliphatic rings. The van der Waals surface area contributed by atoms with Crippen molar-refractivity contribution in [3.8, 4) is 0 Å². The summed E-state index contributed by atoms with van der Waals surface area (Å²) >= 11 is 5.01. The lowest BCUT2D eigenvalue weighted by atomic mass is 10.1. The third kappa shape index (κ3) is 2.57. The van der Waals surface area contributed by atoms with E-state index in [0.29, 0.717) is 12.1 Å². The second-order valence-corrected chi connectivity index (χ2v) is 6.58. The number of hydrogen-bond donors (Lipinski definition) is 1. The van der Waals surface area contributed by atoms with Crippen molar-refractivity contribution >= 4 is 44.1 Å². The van der Waals surface area contributed by atoms with Crippen LogP contribution in [0, 0.1) is 0 Å². The molecule has 0 aliphatic carbocycles. The maximum atomic E-state index is 12.1. The Bertz CT molecular complexity index is 732. The van der Waals surface area contributed by atoms with Crippen LogP contribution in [-0.2, 0) is 6.54 Å². The number of carbonyl (C=O) groups is 1. The van der Waals surface area contributed by atoms with Gasteiger partial charge in [-0.15, -0.1) is 11.3 Å². The molecule has 1 amide bonds. The summed E-state index contributed by atoms with van der Waals surface area (Å²) < 4.78 is 6.42. The molecular formula is C14H10BrNO2S. The zero-order valence-corrected chi connectivity index (χ0v) is 12.3. The lowest BCUT2D eigenvalue weighted by Gasteiger charge is -2.01. The van der Waals surface area contributed by atoms with Crippen molar-refractivity contribution in [3.05, 3.63) is 56.9 Å². The molecule has 96 valence electrons. The highest BCUT2D eigenvalue weighted by Gasteiger charge is 2.13. The van der Waals surface area contributed by atoms with E-state index in [1.54, 1.807) is 11.3 Å². The Morgan fingerprint density at radius 2 is 2.11 bits per heavy atom. The molecule has 0 aliphatic heterocycles. The number of para-hydroxylation sites is 1. The Labute approximate surface area is 122 Å². The van der Waals surface area contributed by atoms with Crippen LogP contribution in [0.2, 0.25) is 0 Å². The van der Waals surface area contributed by atoms with Crippen LogP contribution in [0.25, 0.3) is 11.0 Å². The summed E-state index contributed by atoms with van der Waals surface area (Å²) in [6.07, 6.45) is 1.50. The third-order valence-electron chi connectivity index (χ3n) is 2.78. The van der Waals surface area contributed by atoms with Crippen LogP contribution >= 0.6 is 27.3 Å². The van der Waals surface area contributed by atoms with Gasteiger partial charge in [-0.3, -0.25) is 4.79 Å². The third-order valence-corrected chi connectivity index (χ3v) is 4.40. The zero-order chi connectivity index (χ0) is 13.2. The van der Waals surface area contributed by atoms with Crippen molar-refractivity contribution in [1.29, 1.82) is 0 Å². The summed E-state index contributed by atoms with van der Waals surface area (Å²) in [5.74, 6) is -0.116. The fraction of sp³-hybridized carbons (Fsp3) is 0.0714. The largest absolute Gasteiger partial charge is 0.463 e. The van der Waals surface area contributed by atoms with E-state index in [4.69, 9.17) is 4.42 Å². The van der Waals surface area contributed by atoms with E-state index in [1.807, 2.05) is 36.4 Å². The molecule has 3 aromatic rings. The van der Waals surface area contributed by atoms with Crippen molar-refractivity contribution in [2.75, 3.05) is 0 Å². The fourth-order valence-corrected chi connectivity index (χ4v) is 3.29. The molecule has 0 fully saturated rings. The van der Waals surface area contributed by atoms with Gasteiger partial charge in [0.1, 0.15) is 11.8 Å². The molecule has 1 aromatic carbocycles. The highest BCUT2D eigenvalue weighted by atomic mass is 79.9. The van der Waals surface area contributed by atoms with Crippen molar-refractivity contribution in [2.45, 2.75) is 6.54 Å². The lowest BCUT2D eigenvalue weighted by Crippen LogP contribution is -2.21. The minimum atomic E-state index is -0.116. The van der Waals surface area contributed by atoms with Crippen molar-refractivity contribution < 1.29 is 9.21 Å². The molecule has 0 spiro atoms. The molecule has 0 saturated carbocycles. The van der Waals surface area contributed by atoms with Gasteiger partial charge in [-0.1, -0.05) is 18.2 Å². The van der Waals surface area contributed by atoms with E-state index in [2.05, 4.69) is 21.2 Å². The van der Waals surface area contributed by atoms with Crippen LogP contribution in [-0.4, -0.2) is 5.91 Å². The quantitative estimate of drug-likeness (QED) is 0.779. The van der Waals surface area contributed by atoms with Crippen LogP contribution in [0.15, 0.2) is 50.9 Å². The fourth-order valence-electron chi connectivity index (χ4n) is 1.86. The summed E-state index contributed by atoms with van der Waals surface area (Å²) in [6.45, 7) is 0.522. The molecule has 0 atom stereocenters. The van der Waals surface area contributed by atoms with Gasteiger partial charge in [0, 0.05) is 10.3 Å². The number of carbonyl (C=O) groups excluding carboxylic acids is 1. The molecule has 3 rings (SSSR count). The maximum absolute atomic E-state index is 12.1. The van der Waals surface area contributed by atoms with Gasteiger partial charge < -0.3 is 9.73 Å². The van der Waals surface area contributed by atoms with E-state index in [1.165, 1.54) is 6.26 Å². The van der Waals surface area contributed by atoms with E-state index in [0.717, 1.165) is 19.6 Å². The molecule has 3 nitrogen and oxygen atoms in total. The number of halogens is 1. The van der Waals surface area contributed by atoms with Gasteiger partial charge in [0.05, 0.1) is 15.9 Å². The van der Waals surface area contributed by atoms with Gasteiger partial charge >= 0.3 is 0 Å². The van der Waals surface area contributed by atoms with Gasteiger partial charge in [-0.05, 0) is 34.1 Å². The van der Waals surface area contributed by atoms with E-state index >= 15 is 0 Å². The lowest BCUT2D eigenvalue weighted by molar-refractivity contribution is 0.0952. The number of fused-ring (bicyclic) bond motifs is 1. The molecule has 2 heterocycles. The van der Waals surface area contributed by atoms with Crippen molar-refractivity contribution in [1.82, 2.24) is 5.32 Å². The number of nitrogens with one attached hydrogen (secondary N) is 1. The van der Waals surface area contributed by atoms with Gasteiger partial charge in [-0.25, -0.2) is 0 Å². The predicted octanol–water partition coefficient (Wildman–Crippen LogP) is 4.19. The second-order valence-electron chi connectivity index (χ2n) is 4.03. The predicted molar refractivity (Wildman–Crippen MR) is 79.4 cm³/mol. The van der Waals surface area contributed by atoms with Gasteiger partial charge in [0.2, 0.25) is 0 Å². The van der Waals surface area contributed by atoms with Gasteiger partial charge in [-0.2, -0.15) is 0 Å². The molecule has 0 saturated heterocycles. The maximum Gasteiger partial charge on any atom is 0.255 e. The van der Waals surface area contributed by atoms with Crippen LogP contribution in [0.5, 0.6) is 0 Å². The minimum Gasteiger partial charge on any atom is -0.463 e. The first-order valence-corrected chi connectivity index (χ1v) is 7.33. The minimum absolute atomic E-state index is 0.116. The van der Waals surface area contributed by atoms with Crippen molar-refractivity contribution in [2.24, 2.45) is 0 Å². The summed E-state index contributed by atoms with van der Waals surface area (Å²) in [5, 5.41) is 3.74. The average Bonchev–Trinajstić information content (AvgIpc) is 3.02. The van der Waals surface area contributed by atoms with Crippen LogP contribution in [0.3, 0.4) is 0 Å². The monoisotopic (exact) mass is 335 g/mol. The smallest absolute Gasteiger partial charge is 0.255 e. The normalized spacial score (nSPS) is 10.8. The summed E-state index contributed by atoms with van der Waals surface area (Å²) in [6, 6.07) is 11.5. The second kappa shape index (κ2) is 5.19. The Morgan fingerprint density at radius 3 is 2.89 bits per heavy atom. The summed E-state index contributed by atoms with van der Waals surface area (Å²) in [7, 11) is 0. The van der Waals surface area contributed by atoms with Crippen LogP contribution in [0.4, 0.5) is 0 Å². The van der Waals surface area contributed by atoms with Gasteiger partial charge in [0.25, 0.3) is 5.91 Å². The number of furan rings is 1. The Balaban J connectivity index is 1.77. The zero-order valence-electron chi connectivity index (χ0n) is 9.85. The van der Waals surface area contributed by atoms with E-state index in [9.17, 15) is 4.79 Å². The summed E-state index contributed by atoms with van der Waals surface area (Å²) in [5.41, 5.74) is 1.30. The molecule has 0 radical (unpaired) electrons. The van der Waals surface area contributed by atoms with Gasteiger partial charge in [0.15, 0.2) is 0 Å². The number of rotatable bonds is 3. The Kier molecular flexibility index (Phi) is 3.40. The topological polar surface area (TPSA) is 42.2 Å². The molecule has 0 unspecified atom stereocenters. The van der Waals surface area contributed by atoms with Crippen LogP contribution in [0.1, 0.15) is 15.2 Å². The molecule has 0 bridgehead atoms. The summed E-state index contributed by atoms with van der Waals surface area (Å²) in [4.78, 5) is 13.2. The number of hydrogen-bond acceptors (Lipinski definition) is 3. The average molecular weight is 336 g/mol. The van der Waals surface area contributed by atoms with Crippen LogP contribution < -0.4 is 5.32 Å². The van der Waals surface area contributed by atoms with E-state index in [-0.39, 0.29) is 5.91 Å². The van der Waals surface area contributed by atoms with E-state index < -0.39 is 0 Å². The number of thiophene rings is 1. The molecule has 1 N–H and O–H groups in total. The molecule has 19 heavy (non-hydrogen) atoms. The highest BCUT2D eigenvalue weighted by Crippen LogP contribution is 2.23. The SMILES string of the molecule is O=C(NCc1ccc(Br)s1)c1coc2ccccc12. The Morgan fingerprint density at radius 1 is 1.26 bits per heavy atom. The standard InChI is InChI=1S/C14H10BrNO2S/c15-13-6-5-9(19-13)7-16-14(17)11-8-18-12-4-2-1-3-10(11)12/h1-6,8H,7H2,(H,16,17). The number of benzene rings is 1. The first-order chi connectivity index (χ1) is 9.24. The highest BCUT2D eigenvalue weighted by molar-refractivity contribution is 9.11. The molecular weight excluding hydrogens is 326 g/mol. The first kappa shape index (κ1) is 12.4. The Hall–Kier alpha value is -1.59. The first-order valence-electron chi connectivity index (χ1n) is 5.72. The number of amides is 1. The molecule has 5 heteroatoms.